The number of thioether (sulfide) groups is 1. The monoisotopic (exact) mass is 279 g/mol. The van der Waals surface area contributed by atoms with Crippen LogP contribution in [0.4, 0.5) is 5.69 Å². The minimum Gasteiger partial charge on any atom is -0.378 e. The Bertz CT molecular complexity index is 481. The Hall–Kier alpha value is -1.40. The Labute approximate surface area is 116 Å². The quantitative estimate of drug-likeness (QED) is 0.626. The number of carbonyl (C=O) groups excluding carboxylic acids is 1. The SMILES string of the molecule is CN(C)c1ccc(/C=N/N2C(=O)CSC2=S)cc1. The van der Waals surface area contributed by atoms with Gasteiger partial charge in [-0.15, -0.1) is 0 Å². The smallest absolute Gasteiger partial charge is 0.259 e. The maximum atomic E-state index is 11.4. The van der Waals surface area contributed by atoms with Crippen LogP contribution in [-0.4, -0.2) is 41.3 Å². The lowest BCUT2D eigenvalue weighted by atomic mass is 10.2. The molecule has 0 N–H and O–H groups in total. The molecule has 0 aliphatic carbocycles. The predicted octanol–water partition coefficient (Wildman–Crippen LogP) is 1.95. The summed E-state index contributed by atoms with van der Waals surface area (Å²) in [4.78, 5) is 13.5. The second-order valence-electron chi connectivity index (χ2n) is 3.99. The highest BCUT2D eigenvalue weighted by Gasteiger charge is 2.25. The van der Waals surface area contributed by atoms with Crippen LogP contribution in [0.2, 0.25) is 0 Å². The molecule has 1 fully saturated rings. The van der Waals surface area contributed by atoms with Crippen LogP contribution in [-0.2, 0) is 4.79 Å². The molecule has 1 heterocycles. The van der Waals surface area contributed by atoms with Gasteiger partial charge in [-0.05, 0) is 17.7 Å². The van der Waals surface area contributed by atoms with Crippen molar-refractivity contribution in [2.24, 2.45) is 5.10 Å². The van der Waals surface area contributed by atoms with Gasteiger partial charge in [-0.3, -0.25) is 4.79 Å². The number of hydrogen-bond donors (Lipinski definition) is 0. The molecule has 0 unspecified atom stereocenters. The molecule has 1 saturated heterocycles. The zero-order valence-corrected chi connectivity index (χ0v) is 11.8. The number of thiocarbonyl (C=S) groups is 1. The summed E-state index contributed by atoms with van der Waals surface area (Å²) >= 11 is 6.38. The number of anilines is 1. The Morgan fingerprint density at radius 2 is 2.06 bits per heavy atom. The van der Waals surface area contributed by atoms with Crippen LogP contribution < -0.4 is 4.90 Å². The van der Waals surface area contributed by atoms with Crippen molar-refractivity contribution in [1.82, 2.24) is 5.01 Å². The topological polar surface area (TPSA) is 35.9 Å². The summed E-state index contributed by atoms with van der Waals surface area (Å²) in [6.45, 7) is 0. The highest BCUT2D eigenvalue weighted by Crippen LogP contribution is 2.19. The van der Waals surface area contributed by atoms with E-state index in [4.69, 9.17) is 12.2 Å². The zero-order valence-electron chi connectivity index (χ0n) is 10.2. The average Bonchev–Trinajstić information content (AvgIpc) is 2.67. The number of rotatable bonds is 3. The predicted molar refractivity (Wildman–Crippen MR) is 80.3 cm³/mol. The van der Waals surface area contributed by atoms with Crippen molar-refractivity contribution >= 4 is 46.1 Å². The molecule has 0 radical (unpaired) electrons. The first-order valence-corrected chi connectivity index (χ1v) is 6.78. The Balaban J connectivity index is 2.09. The fourth-order valence-corrected chi connectivity index (χ4v) is 2.41. The molecule has 0 bridgehead atoms. The fourth-order valence-electron chi connectivity index (χ4n) is 1.44. The molecule has 0 saturated carbocycles. The first kappa shape index (κ1) is 13.0. The molecule has 2 rings (SSSR count). The van der Waals surface area contributed by atoms with Crippen molar-refractivity contribution in [3.05, 3.63) is 29.8 Å². The van der Waals surface area contributed by atoms with E-state index >= 15 is 0 Å². The molecule has 18 heavy (non-hydrogen) atoms. The summed E-state index contributed by atoms with van der Waals surface area (Å²) in [5.41, 5.74) is 2.06. The fraction of sp³-hybridized carbons (Fsp3) is 0.250. The minimum atomic E-state index is -0.0637. The highest BCUT2D eigenvalue weighted by atomic mass is 32.2. The molecule has 1 aromatic carbocycles. The summed E-state index contributed by atoms with van der Waals surface area (Å²) in [5.74, 6) is 0.321. The summed E-state index contributed by atoms with van der Waals surface area (Å²) in [7, 11) is 3.98. The van der Waals surface area contributed by atoms with Crippen molar-refractivity contribution in [2.75, 3.05) is 24.7 Å². The minimum absolute atomic E-state index is 0.0637. The van der Waals surface area contributed by atoms with E-state index in [1.54, 1.807) is 6.21 Å². The molecule has 1 aromatic rings. The molecule has 0 aromatic heterocycles. The number of nitrogens with zero attached hydrogens (tertiary/aromatic N) is 3. The van der Waals surface area contributed by atoms with E-state index < -0.39 is 0 Å². The third kappa shape index (κ3) is 2.88. The highest BCUT2D eigenvalue weighted by molar-refractivity contribution is 8.23. The third-order valence-electron chi connectivity index (χ3n) is 2.46. The molecule has 1 aliphatic heterocycles. The lowest BCUT2D eigenvalue weighted by Crippen LogP contribution is -2.22. The van der Waals surface area contributed by atoms with Gasteiger partial charge in [-0.25, -0.2) is 0 Å². The average molecular weight is 279 g/mol. The van der Waals surface area contributed by atoms with Crippen LogP contribution >= 0.6 is 24.0 Å². The number of hydrogen-bond acceptors (Lipinski definition) is 5. The normalized spacial score (nSPS) is 15.8. The van der Waals surface area contributed by atoms with Gasteiger partial charge in [-0.2, -0.15) is 10.1 Å². The van der Waals surface area contributed by atoms with Gasteiger partial charge in [0.25, 0.3) is 5.91 Å². The van der Waals surface area contributed by atoms with E-state index in [1.807, 2.05) is 43.3 Å². The van der Waals surface area contributed by atoms with Crippen LogP contribution in [0.1, 0.15) is 5.56 Å². The zero-order chi connectivity index (χ0) is 13.1. The Morgan fingerprint density at radius 1 is 1.39 bits per heavy atom. The second-order valence-corrected chi connectivity index (χ2v) is 5.60. The van der Waals surface area contributed by atoms with E-state index in [9.17, 15) is 4.79 Å². The number of hydrazone groups is 1. The van der Waals surface area contributed by atoms with E-state index in [1.165, 1.54) is 16.8 Å². The molecule has 1 aliphatic rings. The molecular formula is C12H13N3OS2. The van der Waals surface area contributed by atoms with E-state index in [0.29, 0.717) is 10.1 Å². The van der Waals surface area contributed by atoms with Crippen LogP contribution in [0, 0.1) is 0 Å². The van der Waals surface area contributed by atoms with Gasteiger partial charge >= 0.3 is 0 Å². The second kappa shape index (κ2) is 5.49. The van der Waals surface area contributed by atoms with Crippen molar-refractivity contribution in [3.63, 3.8) is 0 Å². The molecule has 4 nitrogen and oxygen atoms in total. The van der Waals surface area contributed by atoms with Gasteiger partial charge in [0.1, 0.15) is 0 Å². The van der Waals surface area contributed by atoms with Crippen LogP contribution in [0.25, 0.3) is 0 Å². The largest absolute Gasteiger partial charge is 0.378 e. The van der Waals surface area contributed by atoms with Crippen molar-refractivity contribution < 1.29 is 4.79 Å². The van der Waals surface area contributed by atoms with Crippen molar-refractivity contribution in [2.45, 2.75) is 0 Å². The van der Waals surface area contributed by atoms with E-state index in [2.05, 4.69) is 5.10 Å². The Kier molecular flexibility index (Phi) is 3.98. The van der Waals surface area contributed by atoms with Crippen molar-refractivity contribution in [1.29, 1.82) is 0 Å². The van der Waals surface area contributed by atoms with Gasteiger partial charge < -0.3 is 4.90 Å². The van der Waals surface area contributed by atoms with Crippen LogP contribution in [0.3, 0.4) is 0 Å². The van der Waals surface area contributed by atoms with Gasteiger partial charge in [-0.1, -0.05) is 36.1 Å². The molecular weight excluding hydrogens is 266 g/mol. The maximum Gasteiger partial charge on any atom is 0.259 e. The standard InChI is InChI=1S/C12H13N3OS2/c1-14(2)10-5-3-9(4-6-10)7-13-15-11(16)8-18-12(15)17/h3-7H,8H2,1-2H3/b13-7+. The Morgan fingerprint density at radius 3 is 2.56 bits per heavy atom. The molecule has 0 atom stereocenters. The molecule has 6 heteroatoms. The van der Waals surface area contributed by atoms with Gasteiger partial charge in [0.05, 0.1) is 12.0 Å². The van der Waals surface area contributed by atoms with E-state index in [-0.39, 0.29) is 5.91 Å². The maximum absolute atomic E-state index is 11.4. The first-order valence-electron chi connectivity index (χ1n) is 5.39. The third-order valence-corrected chi connectivity index (χ3v) is 3.80. The van der Waals surface area contributed by atoms with Crippen LogP contribution in [0.15, 0.2) is 29.4 Å². The van der Waals surface area contributed by atoms with Gasteiger partial charge in [0.2, 0.25) is 0 Å². The summed E-state index contributed by atoms with van der Waals surface area (Å²) < 4.78 is 0.515. The van der Waals surface area contributed by atoms with Gasteiger partial charge in [0.15, 0.2) is 4.32 Å². The van der Waals surface area contributed by atoms with Crippen molar-refractivity contribution in [3.8, 4) is 0 Å². The number of benzene rings is 1. The van der Waals surface area contributed by atoms with Crippen LogP contribution in [0.5, 0.6) is 0 Å². The number of amides is 1. The summed E-state index contributed by atoms with van der Waals surface area (Å²) in [5, 5.41) is 5.39. The first-order chi connectivity index (χ1) is 8.58. The number of carbonyl (C=O) groups is 1. The van der Waals surface area contributed by atoms with E-state index in [0.717, 1.165) is 11.3 Å². The molecule has 1 amide bonds. The summed E-state index contributed by atoms with van der Waals surface area (Å²) in [6, 6.07) is 7.91. The molecule has 94 valence electrons. The lowest BCUT2D eigenvalue weighted by molar-refractivity contribution is -0.123. The van der Waals surface area contributed by atoms with Gasteiger partial charge in [0, 0.05) is 19.8 Å². The lowest BCUT2D eigenvalue weighted by Gasteiger charge is -2.12. The molecule has 0 spiro atoms. The summed E-state index contributed by atoms with van der Waals surface area (Å²) in [6.07, 6.45) is 1.65.